The molecule has 0 saturated carbocycles. The molecule has 0 fully saturated rings. The third-order valence-electron chi connectivity index (χ3n) is 3.11. The number of likely N-dealkylation sites (N-methyl/N-ethyl adjacent to an activating group) is 1. The van der Waals surface area contributed by atoms with E-state index in [1.54, 1.807) is 7.11 Å². The summed E-state index contributed by atoms with van der Waals surface area (Å²) in [5, 5.41) is 3.35. The second-order valence-electron chi connectivity index (χ2n) is 4.99. The van der Waals surface area contributed by atoms with Crippen LogP contribution in [-0.2, 0) is 11.2 Å². The Labute approximate surface area is 114 Å². The molecule has 19 heavy (non-hydrogen) atoms. The number of ether oxygens (including phenoxy) is 1. The van der Waals surface area contributed by atoms with Gasteiger partial charge in [0.1, 0.15) is 11.6 Å². The maximum atomic E-state index is 13.6. The summed E-state index contributed by atoms with van der Waals surface area (Å²) in [6.07, 6.45) is 1.46. The Hall–Kier alpha value is -1.00. The zero-order valence-electron chi connectivity index (χ0n) is 11.9. The van der Waals surface area contributed by atoms with E-state index in [0.29, 0.717) is 24.5 Å². The molecule has 0 aliphatic carbocycles. The number of benzene rings is 1. The van der Waals surface area contributed by atoms with E-state index in [9.17, 15) is 8.78 Å². The predicted molar refractivity (Wildman–Crippen MR) is 73.2 cm³/mol. The summed E-state index contributed by atoms with van der Waals surface area (Å²) in [5.74, 6) is -0.603. The number of halogens is 2. The molecule has 0 heterocycles. The molecule has 1 N–H and O–H groups in total. The van der Waals surface area contributed by atoms with Gasteiger partial charge < -0.3 is 10.1 Å². The van der Waals surface area contributed by atoms with Crippen LogP contribution in [0, 0.1) is 17.6 Å². The van der Waals surface area contributed by atoms with E-state index >= 15 is 0 Å². The number of nitrogens with one attached hydrogen (secondary N) is 1. The minimum absolute atomic E-state index is 0.176. The van der Waals surface area contributed by atoms with Crippen LogP contribution in [0.1, 0.15) is 25.8 Å². The van der Waals surface area contributed by atoms with E-state index in [2.05, 4.69) is 12.2 Å². The van der Waals surface area contributed by atoms with Crippen molar-refractivity contribution in [3.8, 4) is 0 Å². The molecule has 0 amide bonds. The average molecular weight is 271 g/mol. The summed E-state index contributed by atoms with van der Waals surface area (Å²) in [6, 6.07) is 3.95. The first kappa shape index (κ1) is 16.1. The number of hydrogen-bond donors (Lipinski definition) is 1. The van der Waals surface area contributed by atoms with Gasteiger partial charge in [0.2, 0.25) is 0 Å². The molecule has 2 atom stereocenters. The van der Waals surface area contributed by atoms with Gasteiger partial charge in [-0.25, -0.2) is 8.78 Å². The normalized spacial score (nSPS) is 14.4. The fourth-order valence-corrected chi connectivity index (χ4v) is 2.32. The third-order valence-corrected chi connectivity index (χ3v) is 3.11. The van der Waals surface area contributed by atoms with E-state index in [1.807, 2.05) is 6.92 Å². The highest BCUT2D eigenvalue weighted by Crippen LogP contribution is 2.15. The largest absolute Gasteiger partial charge is 0.384 e. The number of methoxy groups -OCH3 is 1. The standard InChI is InChI=1S/C15H23F2NO/c1-4-18-14(7-11(2)10-19-3)8-12-5-6-13(16)9-15(12)17/h5-6,9,11,14,18H,4,7-8,10H2,1-3H3. The molecular weight excluding hydrogens is 248 g/mol. The van der Waals surface area contributed by atoms with Crippen LogP contribution in [0.25, 0.3) is 0 Å². The van der Waals surface area contributed by atoms with Crippen LogP contribution in [-0.4, -0.2) is 26.3 Å². The minimum atomic E-state index is -0.533. The maximum Gasteiger partial charge on any atom is 0.129 e. The molecule has 1 aromatic carbocycles. The van der Waals surface area contributed by atoms with Gasteiger partial charge in [0, 0.05) is 25.8 Å². The molecule has 0 aromatic heterocycles. The van der Waals surface area contributed by atoms with Crippen LogP contribution in [0.5, 0.6) is 0 Å². The predicted octanol–water partition coefficient (Wildman–Crippen LogP) is 3.16. The van der Waals surface area contributed by atoms with Gasteiger partial charge in [-0.2, -0.15) is 0 Å². The van der Waals surface area contributed by atoms with Crippen molar-refractivity contribution in [2.45, 2.75) is 32.7 Å². The van der Waals surface area contributed by atoms with Gasteiger partial charge in [-0.3, -0.25) is 0 Å². The van der Waals surface area contributed by atoms with Crippen molar-refractivity contribution >= 4 is 0 Å². The van der Waals surface area contributed by atoms with Gasteiger partial charge in [0.05, 0.1) is 0 Å². The number of hydrogen-bond acceptors (Lipinski definition) is 2. The fourth-order valence-electron chi connectivity index (χ4n) is 2.32. The molecule has 2 unspecified atom stereocenters. The Kier molecular flexibility index (Phi) is 6.95. The van der Waals surface area contributed by atoms with Crippen molar-refractivity contribution in [3.05, 3.63) is 35.4 Å². The Morgan fingerprint density at radius 2 is 2.05 bits per heavy atom. The molecule has 0 aliphatic heterocycles. The maximum absolute atomic E-state index is 13.6. The Balaban J connectivity index is 2.66. The minimum Gasteiger partial charge on any atom is -0.384 e. The van der Waals surface area contributed by atoms with Crippen LogP contribution < -0.4 is 5.32 Å². The first-order valence-corrected chi connectivity index (χ1v) is 6.73. The SMILES string of the molecule is CCNC(Cc1ccc(F)cc1F)CC(C)COC. The first-order valence-electron chi connectivity index (χ1n) is 6.73. The molecule has 1 rings (SSSR count). The third kappa shape index (κ3) is 5.66. The molecule has 4 heteroatoms. The molecule has 0 radical (unpaired) electrons. The summed E-state index contributed by atoms with van der Waals surface area (Å²) >= 11 is 0. The summed E-state index contributed by atoms with van der Waals surface area (Å²) in [4.78, 5) is 0. The lowest BCUT2D eigenvalue weighted by Crippen LogP contribution is -2.33. The van der Waals surface area contributed by atoms with E-state index < -0.39 is 11.6 Å². The van der Waals surface area contributed by atoms with Gasteiger partial charge in [-0.15, -0.1) is 0 Å². The van der Waals surface area contributed by atoms with Gasteiger partial charge in [0.15, 0.2) is 0 Å². The van der Waals surface area contributed by atoms with Gasteiger partial charge >= 0.3 is 0 Å². The van der Waals surface area contributed by atoms with E-state index in [0.717, 1.165) is 19.0 Å². The Morgan fingerprint density at radius 3 is 2.63 bits per heavy atom. The van der Waals surface area contributed by atoms with Crippen LogP contribution in [0.4, 0.5) is 8.78 Å². The highest BCUT2D eigenvalue weighted by molar-refractivity contribution is 5.19. The zero-order valence-corrected chi connectivity index (χ0v) is 11.9. The van der Waals surface area contributed by atoms with Gasteiger partial charge in [-0.05, 0) is 36.9 Å². The molecule has 0 bridgehead atoms. The number of rotatable bonds is 8. The lowest BCUT2D eigenvalue weighted by Gasteiger charge is -2.22. The van der Waals surface area contributed by atoms with E-state index in [1.165, 1.54) is 12.1 Å². The highest BCUT2D eigenvalue weighted by Gasteiger charge is 2.15. The van der Waals surface area contributed by atoms with Crippen LogP contribution >= 0.6 is 0 Å². The molecule has 2 nitrogen and oxygen atoms in total. The monoisotopic (exact) mass is 271 g/mol. The molecule has 1 aromatic rings. The lowest BCUT2D eigenvalue weighted by molar-refractivity contribution is 0.149. The second-order valence-corrected chi connectivity index (χ2v) is 4.99. The van der Waals surface area contributed by atoms with Crippen LogP contribution in [0.3, 0.4) is 0 Å². The summed E-state index contributed by atoms with van der Waals surface area (Å²) in [5.41, 5.74) is 0.553. The molecule has 108 valence electrons. The second kappa shape index (κ2) is 8.23. The molecule has 0 spiro atoms. The highest BCUT2D eigenvalue weighted by atomic mass is 19.1. The quantitative estimate of drug-likeness (QED) is 0.784. The van der Waals surface area contributed by atoms with Crippen molar-refractivity contribution in [3.63, 3.8) is 0 Å². The lowest BCUT2D eigenvalue weighted by atomic mass is 9.96. The van der Waals surface area contributed by atoms with Crippen LogP contribution in [0.2, 0.25) is 0 Å². The fraction of sp³-hybridized carbons (Fsp3) is 0.600. The molecular formula is C15H23F2NO. The van der Waals surface area contributed by atoms with Crippen molar-refractivity contribution in [2.24, 2.45) is 5.92 Å². The first-order chi connectivity index (χ1) is 9.06. The molecule has 0 saturated heterocycles. The zero-order chi connectivity index (χ0) is 14.3. The summed E-state index contributed by atoms with van der Waals surface area (Å²) in [6.45, 7) is 5.64. The smallest absolute Gasteiger partial charge is 0.129 e. The van der Waals surface area contributed by atoms with Crippen molar-refractivity contribution in [2.75, 3.05) is 20.3 Å². The molecule has 0 aliphatic rings. The summed E-state index contributed by atoms with van der Waals surface area (Å²) in [7, 11) is 1.68. The average Bonchev–Trinajstić information content (AvgIpc) is 2.33. The van der Waals surface area contributed by atoms with Gasteiger partial charge in [0.25, 0.3) is 0 Å². The topological polar surface area (TPSA) is 21.3 Å². The van der Waals surface area contributed by atoms with E-state index in [-0.39, 0.29) is 6.04 Å². The van der Waals surface area contributed by atoms with Gasteiger partial charge in [-0.1, -0.05) is 19.9 Å². The Bertz CT molecular complexity index is 384. The Morgan fingerprint density at radius 1 is 1.32 bits per heavy atom. The summed E-state index contributed by atoms with van der Waals surface area (Å²) < 4.78 is 31.6. The van der Waals surface area contributed by atoms with Crippen LogP contribution in [0.15, 0.2) is 18.2 Å². The van der Waals surface area contributed by atoms with E-state index in [4.69, 9.17) is 4.74 Å². The van der Waals surface area contributed by atoms with Crippen molar-refractivity contribution in [1.82, 2.24) is 5.32 Å². The van der Waals surface area contributed by atoms with Crippen molar-refractivity contribution < 1.29 is 13.5 Å². The van der Waals surface area contributed by atoms with Crippen molar-refractivity contribution in [1.29, 1.82) is 0 Å².